The number of ether oxygens (including phenoxy) is 1. The Labute approximate surface area is 88.7 Å². The highest BCUT2D eigenvalue weighted by Gasteiger charge is 2.32. The molecular weight excluding hydrogens is 220 g/mol. The predicted octanol–water partition coefficient (Wildman–Crippen LogP) is -0.0566. The Bertz CT molecular complexity index is 353. The lowest BCUT2D eigenvalue weighted by Gasteiger charge is -2.02. The fraction of sp³-hybridized carbons (Fsp3) is 0.778. The van der Waals surface area contributed by atoms with Crippen molar-refractivity contribution in [2.24, 2.45) is 5.92 Å². The summed E-state index contributed by atoms with van der Waals surface area (Å²) >= 11 is 0. The lowest BCUT2D eigenvalue weighted by molar-refractivity contribution is -0.140. The van der Waals surface area contributed by atoms with Gasteiger partial charge in [-0.05, 0) is 12.8 Å². The Kier molecular flexibility index (Phi) is 3.84. The van der Waals surface area contributed by atoms with Crippen LogP contribution in [-0.2, 0) is 24.2 Å². The van der Waals surface area contributed by atoms with Crippen LogP contribution in [0.1, 0.15) is 19.3 Å². The molecule has 0 atom stereocenters. The molecule has 0 bridgehead atoms. The molecule has 5 nitrogen and oxygen atoms in total. The minimum atomic E-state index is -3.44. The maximum Gasteiger partial charge on any atom is 0.306 e. The smallest absolute Gasteiger partial charge is 0.306 e. The molecule has 0 aromatic carbocycles. The van der Waals surface area contributed by atoms with E-state index in [1.807, 2.05) is 0 Å². The summed E-state index contributed by atoms with van der Waals surface area (Å²) in [5, 5.41) is 0. The molecule has 0 aliphatic heterocycles. The number of Topliss-reactive ketones (excluding diaryl/α,β-unsaturated/α-hetero) is 1. The van der Waals surface area contributed by atoms with Crippen molar-refractivity contribution >= 4 is 21.6 Å². The molecule has 15 heavy (non-hydrogen) atoms. The van der Waals surface area contributed by atoms with Crippen molar-refractivity contribution in [2.75, 3.05) is 18.6 Å². The third-order valence-corrected chi connectivity index (χ3v) is 3.79. The summed E-state index contributed by atoms with van der Waals surface area (Å²) in [4.78, 5) is 22.0. The normalized spacial score (nSPS) is 16.1. The largest absolute Gasteiger partial charge is 0.469 e. The van der Waals surface area contributed by atoms with Crippen LogP contribution >= 0.6 is 0 Å². The van der Waals surface area contributed by atoms with Gasteiger partial charge < -0.3 is 4.74 Å². The van der Waals surface area contributed by atoms with Gasteiger partial charge in [-0.3, -0.25) is 9.59 Å². The molecule has 86 valence electrons. The van der Waals surface area contributed by atoms with Gasteiger partial charge in [-0.25, -0.2) is 8.42 Å². The zero-order valence-electron chi connectivity index (χ0n) is 8.56. The van der Waals surface area contributed by atoms with Crippen molar-refractivity contribution in [3.8, 4) is 0 Å². The van der Waals surface area contributed by atoms with Crippen LogP contribution < -0.4 is 0 Å². The van der Waals surface area contributed by atoms with Crippen LogP contribution in [0.5, 0.6) is 0 Å². The second-order valence-corrected chi connectivity index (χ2v) is 5.84. The van der Waals surface area contributed by atoms with Gasteiger partial charge in [-0.15, -0.1) is 0 Å². The lowest BCUT2D eigenvalue weighted by Crippen LogP contribution is -2.21. The highest BCUT2D eigenvalue weighted by Crippen LogP contribution is 2.30. The second-order valence-electron chi connectivity index (χ2n) is 3.66. The summed E-state index contributed by atoms with van der Waals surface area (Å²) in [6, 6.07) is 0. The van der Waals surface area contributed by atoms with Crippen LogP contribution in [0.4, 0.5) is 0 Å². The number of hydrogen-bond acceptors (Lipinski definition) is 5. The average Bonchev–Trinajstić information content (AvgIpc) is 2.96. The van der Waals surface area contributed by atoms with E-state index in [2.05, 4.69) is 4.74 Å². The highest BCUT2D eigenvalue weighted by molar-refractivity contribution is 7.92. The Balaban J connectivity index is 2.37. The number of hydrogen-bond donors (Lipinski definition) is 0. The Morgan fingerprint density at radius 2 is 1.93 bits per heavy atom. The van der Waals surface area contributed by atoms with Gasteiger partial charge in [0.1, 0.15) is 5.75 Å². The Hall–Kier alpha value is -0.910. The molecule has 1 rings (SSSR count). The van der Waals surface area contributed by atoms with Crippen molar-refractivity contribution in [3.63, 3.8) is 0 Å². The first-order chi connectivity index (χ1) is 6.94. The summed E-state index contributed by atoms with van der Waals surface area (Å²) in [6.45, 7) is 0. The monoisotopic (exact) mass is 234 g/mol. The van der Waals surface area contributed by atoms with Gasteiger partial charge in [0.15, 0.2) is 15.6 Å². The van der Waals surface area contributed by atoms with Gasteiger partial charge in [0.2, 0.25) is 0 Å². The minimum Gasteiger partial charge on any atom is -0.469 e. The van der Waals surface area contributed by atoms with Crippen LogP contribution in [0.2, 0.25) is 0 Å². The number of sulfone groups is 1. The van der Waals surface area contributed by atoms with Crippen LogP contribution in [0.25, 0.3) is 0 Å². The fourth-order valence-electron chi connectivity index (χ4n) is 1.15. The SMILES string of the molecule is COC(=O)CCS(=O)(=O)CC(=O)C1CC1. The number of methoxy groups -OCH3 is 1. The molecule has 0 unspecified atom stereocenters. The van der Waals surface area contributed by atoms with E-state index < -0.39 is 21.6 Å². The lowest BCUT2D eigenvalue weighted by atomic mass is 10.3. The van der Waals surface area contributed by atoms with Crippen LogP contribution in [0.3, 0.4) is 0 Å². The van der Waals surface area contributed by atoms with E-state index in [9.17, 15) is 18.0 Å². The topological polar surface area (TPSA) is 77.5 Å². The van der Waals surface area contributed by atoms with E-state index in [0.29, 0.717) is 0 Å². The number of ketones is 1. The molecule has 0 saturated heterocycles. The van der Waals surface area contributed by atoms with Crippen molar-refractivity contribution < 1.29 is 22.7 Å². The van der Waals surface area contributed by atoms with Gasteiger partial charge in [-0.1, -0.05) is 0 Å². The van der Waals surface area contributed by atoms with Crippen LogP contribution in [0.15, 0.2) is 0 Å². The predicted molar refractivity (Wildman–Crippen MR) is 53.0 cm³/mol. The number of carbonyl (C=O) groups is 2. The third-order valence-electron chi connectivity index (χ3n) is 2.24. The van der Waals surface area contributed by atoms with Gasteiger partial charge in [0.25, 0.3) is 0 Å². The second kappa shape index (κ2) is 4.74. The van der Waals surface area contributed by atoms with Crippen molar-refractivity contribution in [1.29, 1.82) is 0 Å². The first kappa shape index (κ1) is 12.2. The summed E-state index contributed by atoms with van der Waals surface area (Å²) in [5.41, 5.74) is 0. The van der Waals surface area contributed by atoms with Crippen molar-refractivity contribution in [1.82, 2.24) is 0 Å². The quantitative estimate of drug-likeness (QED) is 0.602. The molecule has 1 saturated carbocycles. The first-order valence-corrected chi connectivity index (χ1v) is 6.56. The van der Waals surface area contributed by atoms with Gasteiger partial charge in [0.05, 0.1) is 19.3 Å². The first-order valence-electron chi connectivity index (χ1n) is 4.74. The van der Waals surface area contributed by atoms with E-state index in [-0.39, 0.29) is 23.9 Å². The molecule has 0 aromatic rings. The zero-order valence-corrected chi connectivity index (χ0v) is 9.38. The molecule has 0 heterocycles. The third kappa shape index (κ3) is 4.42. The summed E-state index contributed by atoms with van der Waals surface area (Å²) in [7, 11) is -2.24. The number of rotatable bonds is 6. The average molecular weight is 234 g/mol. The molecule has 0 aromatic heterocycles. The van der Waals surface area contributed by atoms with E-state index >= 15 is 0 Å². The molecule has 6 heteroatoms. The minimum absolute atomic E-state index is 0.0575. The molecule has 1 aliphatic carbocycles. The molecule has 0 spiro atoms. The summed E-state index contributed by atoms with van der Waals surface area (Å²) < 4.78 is 27.1. The zero-order chi connectivity index (χ0) is 11.5. The molecule has 0 N–H and O–H groups in total. The van der Waals surface area contributed by atoms with E-state index in [0.717, 1.165) is 12.8 Å². The summed E-state index contributed by atoms with van der Waals surface area (Å²) in [5.74, 6) is -1.59. The van der Waals surface area contributed by atoms with Crippen molar-refractivity contribution in [2.45, 2.75) is 19.3 Å². The molecule has 1 fully saturated rings. The standard InChI is InChI=1S/C9H14O5S/c1-14-9(11)4-5-15(12,13)6-8(10)7-2-3-7/h7H,2-6H2,1H3. The molecule has 0 amide bonds. The summed E-state index contributed by atoms with van der Waals surface area (Å²) in [6.07, 6.45) is 1.41. The van der Waals surface area contributed by atoms with Gasteiger partial charge in [-0.2, -0.15) is 0 Å². The van der Waals surface area contributed by atoms with Gasteiger partial charge >= 0.3 is 5.97 Å². The van der Waals surface area contributed by atoms with Gasteiger partial charge in [0, 0.05) is 5.92 Å². The maximum absolute atomic E-state index is 11.4. The molecular formula is C9H14O5S. The highest BCUT2D eigenvalue weighted by atomic mass is 32.2. The van der Waals surface area contributed by atoms with E-state index in [1.165, 1.54) is 7.11 Å². The Morgan fingerprint density at radius 1 is 1.33 bits per heavy atom. The number of esters is 1. The van der Waals surface area contributed by atoms with Crippen LogP contribution in [-0.4, -0.2) is 38.8 Å². The molecule has 1 aliphatic rings. The fourth-order valence-corrected chi connectivity index (χ4v) is 2.44. The van der Waals surface area contributed by atoms with Crippen molar-refractivity contribution in [3.05, 3.63) is 0 Å². The maximum atomic E-state index is 11.4. The Morgan fingerprint density at radius 3 is 2.40 bits per heavy atom. The molecule has 0 radical (unpaired) electrons. The van der Waals surface area contributed by atoms with Crippen LogP contribution in [0, 0.1) is 5.92 Å². The van der Waals surface area contributed by atoms with E-state index in [4.69, 9.17) is 0 Å². The van der Waals surface area contributed by atoms with E-state index in [1.54, 1.807) is 0 Å². The number of carbonyl (C=O) groups excluding carboxylic acids is 2.